The monoisotopic (exact) mass is 327 g/mol. The summed E-state index contributed by atoms with van der Waals surface area (Å²) in [6.45, 7) is 3.46. The first-order valence-electron chi connectivity index (χ1n) is 8.21. The zero-order valence-electron chi connectivity index (χ0n) is 13.1. The summed E-state index contributed by atoms with van der Waals surface area (Å²) in [4.78, 5) is 17.9. The lowest BCUT2D eigenvalue weighted by Gasteiger charge is -2.45. The molecule has 1 aromatic carbocycles. The number of para-hydroxylation sites is 1. The van der Waals surface area contributed by atoms with Crippen molar-refractivity contribution in [2.45, 2.75) is 18.9 Å². The Bertz CT molecular complexity index is 679. The molecule has 1 aromatic heterocycles. The van der Waals surface area contributed by atoms with Crippen LogP contribution in [0, 0.1) is 0 Å². The van der Waals surface area contributed by atoms with Crippen molar-refractivity contribution in [1.29, 1.82) is 0 Å². The molecule has 2 amide bonds. The van der Waals surface area contributed by atoms with Gasteiger partial charge in [0.1, 0.15) is 0 Å². The molecule has 4 nitrogen and oxygen atoms in total. The van der Waals surface area contributed by atoms with Gasteiger partial charge in [0.05, 0.1) is 6.04 Å². The average Bonchev–Trinajstić information content (AvgIpc) is 3.16. The summed E-state index contributed by atoms with van der Waals surface area (Å²) in [6.07, 6.45) is 2.04. The van der Waals surface area contributed by atoms with E-state index in [1.165, 1.54) is 16.1 Å². The second-order valence-electron chi connectivity index (χ2n) is 6.19. The Hall–Kier alpha value is -2.01. The summed E-state index contributed by atoms with van der Waals surface area (Å²) in [5.74, 6) is 0. The first-order valence-corrected chi connectivity index (χ1v) is 9.09. The number of benzene rings is 1. The molecule has 1 N–H and O–H groups in total. The molecule has 0 spiro atoms. The normalized spacial score (nSPS) is 17.0. The molecule has 2 aromatic rings. The van der Waals surface area contributed by atoms with E-state index in [-0.39, 0.29) is 6.03 Å². The number of thiophene rings is 1. The van der Waals surface area contributed by atoms with E-state index < -0.39 is 0 Å². The predicted octanol–water partition coefficient (Wildman–Crippen LogP) is 2.75. The van der Waals surface area contributed by atoms with Crippen LogP contribution >= 0.6 is 11.3 Å². The van der Waals surface area contributed by atoms with Crippen molar-refractivity contribution in [3.63, 3.8) is 0 Å². The SMILES string of the molecule is O=C(NCCc1cccs1)N1CC(N2CCc3ccccc32)C1. The Kier molecular flexibility index (Phi) is 3.95. The first-order chi connectivity index (χ1) is 11.3. The molecular weight excluding hydrogens is 306 g/mol. The van der Waals surface area contributed by atoms with Gasteiger partial charge in [-0.15, -0.1) is 11.3 Å². The number of rotatable bonds is 4. The van der Waals surface area contributed by atoms with Crippen molar-refractivity contribution in [1.82, 2.24) is 10.2 Å². The lowest BCUT2D eigenvalue weighted by molar-refractivity contribution is 0.150. The van der Waals surface area contributed by atoms with Gasteiger partial charge in [0, 0.05) is 36.7 Å². The van der Waals surface area contributed by atoms with Crippen LogP contribution in [-0.2, 0) is 12.8 Å². The largest absolute Gasteiger partial charge is 0.364 e. The molecule has 0 atom stereocenters. The molecule has 23 heavy (non-hydrogen) atoms. The standard InChI is InChI=1S/C18H21N3OS/c22-18(19-9-7-16-5-3-11-23-16)20-12-15(13-20)21-10-8-14-4-1-2-6-17(14)21/h1-6,11,15H,7-10,12-13H2,(H,19,22). The molecule has 2 aliphatic heterocycles. The quantitative estimate of drug-likeness (QED) is 0.937. The van der Waals surface area contributed by atoms with Gasteiger partial charge in [0.2, 0.25) is 0 Å². The number of carbonyl (C=O) groups excluding carboxylic acids is 1. The lowest BCUT2D eigenvalue weighted by atomic mass is 10.1. The molecular formula is C18H21N3OS. The van der Waals surface area contributed by atoms with Gasteiger partial charge in [-0.3, -0.25) is 0 Å². The highest BCUT2D eigenvalue weighted by Crippen LogP contribution is 2.31. The number of fused-ring (bicyclic) bond motifs is 1. The van der Waals surface area contributed by atoms with E-state index in [0.717, 1.165) is 32.5 Å². The summed E-state index contributed by atoms with van der Waals surface area (Å²) in [5.41, 5.74) is 2.79. The number of urea groups is 1. The van der Waals surface area contributed by atoms with E-state index in [1.807, 2.05) is 4.90 Å². The fourth-order valence-corrected chi connectivity index (χ4v) is 4.13. The Labute approximate surface area is 140 Å². The predicted molar refractivity (Wildman–Crippen MR) is 94.3 cm³/mol. The Morgan fingerprint density at radius 2 is 2.09 bits per heavy atom. The highest BCUT2D eigenvalue weighted by molar-refractivity contribution is 7.09. The molecule has 0 unspecified atom stereocenters. The van der Waals surface area contributed by atoms with Crippen molar-refractivity contribution >= 4 is 23.1 Å². The van der Waals surface area contributed by atoms with Crippen LogP contribution in [0.25, 0.3) is 0 Å². The summed E-state index contributed by atoms with van der Waals surface area (Å²) in [7, 11) is 0. The highest BCUT2D eigenvalue weighted by atomic mass is 32.1. The average molecular weight is 327 g/mol. The van der Waals surface area contributed by atoms with Gasteiger partial charge in [-0.1, -0.05) is 24.3 Å². The van der Waals surface area contributed by atoms with Crippen LogP contribution in [0.5, 0.6) is 0 Å². The molecule has 120 valence electrons. The summed E-state index contributed by atoms with van der Waals surface area (Å²) < 4.78 is 0. The minimum absolute atomic E-state index is 0.0743. The van der Waals surface area contributed by atoms with Crippen LogP contribution in [0.3, 0.4) is 0 Å². The highest BCUT2D eigenvalue weighted by Gasteiger charge is 2.37. The molecule has 4 rings (SSSR count). The Balaban J connectivity index is 1.24. The van der Waals surface area contributed by atoms with Crippen LogP contribution in [0.1, 0.15) is 10.4 Å². The molecule has 0 bridgehead atoms. The zero-order chi connectivity index (χ0) is 15.6. The number of hydrogen-bond acceptors (Lipinski definition) is 3. The van der Waals surface area contributed by atoms with Crippen molar-refractivity contribution in [3.8, 4) is 0 Å². The molecule has 0 saturated carbocycles. The van der Waals surface area contributed by atoms with Gasteiger partial charge < -0.3 is 15.1 Å². The van der Waals surface area contributed by atoms with E-state index in [2.05, 4.69) is 52.0 Å². The van der Waals surface area contributed by atoms with Crippen LogP contribution in [0.2, 0.25) is 0 Å². The Morgan fingerprint density at radius 3 is 2.91 bits per heavy atom. The molecule has 5 heteroatoms. The maximum Gasteiger partial charge on any atom is 0.317 e. The molecule has 1 saturated heterocycles. The summed E-state index contributed by atoms with van der Waals surface area (Å²) in [6, 6.07) is 13.3. The summed E-state index contributed by atoms with van der Waals surface area (Å²) in [5, 5.41) is 5.10. The van der Waals surface area contributed by atoms with Gasteiger partial charge in [-0.05, 0) is 35.9 Å². The van der Waals surface area contributed by atoms with Crippen molar-refractivity contribution in [2.75, 3.05) is 31.1 Å². The molecule has 0 aliphatic carbocycles. The third kappa shape index (κ3) is 2.93. The Morgan fingerprint density at radius 1 is 1.22 bits per heavy atom. The first kappa shape index (κ1) is 14.6. The van der Waals surface area contributed by atoms with Crippen LogP contribution in [0.15, 0.2) is 41.8 Å². The fraction of sp³-hybridized carbons (Fsp3) is 0.389. The zero-order valence-corrected chi connectivity index (χ0v) is 13.9. The second-order valence-corrected chi connectivity index (χ2v) is 7.22. The smallest absolute Gasteiger partial charge is 0.317 e. The number of likely N-dealkylation sites (tertiary alicyclic amines) is 1. The van der Waals surface area contributed by atoms with Gasteiger partial charge in [-0.2, -0.15) is 0 Å². The van der Waals surface area contributed by atoms with Crippen molar-refractivity contribution in [3.05, 3.63) is 52.2 Å². The number of nitrogens with one attached hydrogen (secondary N) is 1. The maximum absolute atomic E-state index is 12.2. The number of carbonyl (C=O) groups is 1. The molecule has 0 radical (unpaired) electrons. The maximum atomic E-state index is 12.2. The van der Waals surface area contributed by atoms with E-state index in [4.69, 9.17) is 0 Å². The number of anilines is 1. The summed E-state index contributed by atoms with van der Waals surface area (Å²) >= 11 is 1.74. The van der Waals surface area contributed by atoms with Crippen LogP contribution in [-0.4, -0.2) is 43.2 Å². The van der Waals surface area contributed by atoms with Gasteiger partial charge in [0.25, 0.3) is 0 Å². The van der Waals surface area contributed by atoms with Crippen LogP contribution in [0.4, 0.5) is 10.5 Å². The lowest BCUT2D eigenvalue weighted by Crippen LogP contribution is -2.63. The molecule has 2 aliphatic rings. The molecule has 3 heterocycles. The third-order valence-corrected chi connectivity index (χ3v) is 5.68. The number of hydrogen-bond donors (Lipinski definition) is 1. The topological polar surface area (TPSA) is 35.6 Å². The minimum atomic E-state index is 0.0743. The van der Waals surface area contributed by atoms with Gasteiger partial charge in [0.15, 0.2) is 0 Å². The van der Waals surface area contributed by atoms with E-state index in [0.29, 0.717) is 12.6 Å². The van der Waals surface area contributed by atoms with Crippen molar-refractivity contribution < 1.29 is 4.79 Å². The minimum Gasteiger partial charge on any atom is -0.364 e. The van der Waals surface area contributed by atoms with E-state index >= 15 is 0 Å². The van der Waals surface area contributed by atoms with E-state index in [9.17, 15) is 4.79 Å². The van der Waals surface area contributed by atoms with Gasteiger partial charge in [-0.25, -0.2) is 4.79 Å². The van der Waals surface area contributed by atoms with Crippen LogP contribution < -0.4 is 10.2 Å². The van der Waals surface area contributed by atoms with E-state index in [1.54, 1.807) is 11.3 Å². The fourth-order valence-electron chi connectivity index (χ4n) is 3.42. The number of nitrogens with zero attached hydrogens (tertiary/aromatic N) is 2. The number of amides is 2. The molecule has 1 fully saturated rings. The third-order valence-electron chi connectivity index (χ3n) is 4.74. The second kappa shape index (κ2) is 6.24. The van der Waals surface area contributed by atoms with Crippen molar-refractivity contribution in [2.24, 2.45) is 0 Å². The van der Waals surface area contributed by atoms with Gasteiger partial charge >= 0.3 is 6.03 Å².